The number of hydrogen-bond acceptors (Lipinski definition) is 3. The Labute approximate surface area is 146 Å². The molecule has 1 unspecified atom stereocenters. The van der Waals surface area contributed by atoms with E-state index in [0.29, 0.717) is 5.75 Å². The van der Waals surface area contributed by atoms with Gasteiger partial charge in [-0.3, -0.25) is 0 Å². The summed E-state index contributed by atoms with van der Waals surface area (Å²) < 4.78 is 6.07. The molecule has 132 valence electrons. The first-order valence-corrected chi connectivity index (χ1v) is 8.61. The van der Waals surface area contributed by atoms with Crippen molar-refractivity contribution in [3.05, 3.63) is 52.1 Å². The Balaban J connectivity index is 0.00000139. The third-order valence-electron chi connectivity index (χ3n) is 3.76. The van der Waals surface area contributed by atoms with E-state index in [-0.39, 0.29) is 6.04 Å². The molecule has 0 radical (unpaired) electrons. The minimum atomic E-state index is 0.146. The predicted molar refractivity (Wildman–Crippen MR) is 102 cm³/mol. The van der Waals surface area contributed by atoms with E-state index in [9.17, 15) is 5.11 Å². The molecule has 0 bridgehead atoms. The van der Waals surface area contributed by atoms with Crippen LogP contribution >= 0.6 is 0 Å². The topological polar surface area (TPSA) is 55.5 Å². The molecule has 0 amide bonds. The molecule has 0 aliphatic carbocycles. The van der Waals surface area contributed by atoms with Crippen LogP contribution in [0.25, 0.3) is 0 Å². The number of phenols is 1. The van der Waals surface area contributed by atoms with Crippen molar-refractivity contribution in [2.24, 2.45) is 5.73 Å². The molecular formula is C21H31NO2. The van der Waals surface area contributed by atoms with Gasteiger partial charge < -0.3 is 15.6 Å². The van der Waals surface area contributed by atoms with Gasteiger partial charge in [-0.05, 0) is 81.0 Å². The van der Waals surface area contributed by atoms with E-state index in [4.69, 9.17) is 10.5 Å². The van der Waals surface area contributed by atoms with Crippen LogP contribution in [0.5, 0.6) is 17.2 Å². The first kappa shape index (κ1) is 20.0. The van der Waals surface area contributed by atoms with E-state index < -0.39 is 0 Å². The van der Waals surface area contributed by atoms with Gasteiger partial charge in [-0.25, -0.2) is 0 Å². The zero-order chi connectivity index (χ0) is 18.4. The lowest BCUT2D eigenvalue weighted by atomic mass is 10.0. The average Bonchev–Trinajstić information content (AvgIpc) is 2.50. The normalized spacial score (nSPS) is 11.5. The van der Waals surface area contributed by atoms with Crippen molar-refractivity contribution in [2.45, 2.75) is 60.9 Å². The molecule has 3 N–H and O–H groups in total. The van der Waals surface area contributed by atoms with E-state index in [0.717, 1.165) is 40.2 Å². The Morgan fingerprint density at radius 3 is 1.79 bits per heavy atom. The number of aromatic hydroxyl groups is 1. The lowest BCUT2D eigenvalue weighted by Gasteiger charge is -2.16. The molecular weight excluding hydrogens is 298 g/mol. The largest absolute Gasteiger partial charge is 0.507 e. The smallest absolute Gasteiger partial charge is 0.133 e. The van der Waals surface area contributed by atoms with Gasteiger partial charge in [-0.15, -0.1) is 0 Å². The minimum absolute atomic E-state index is 0.146. The second kappa shape index (κ2) is 8.74. The molecule has 0 fully saturated rings. The number of nitrogens with two attached hydrogens (primary N) is 1. The van der Waals surface area contributed by atoms with Gasteiger partial charge in [-0.1, -0.05) is 26.0 Å². The fourth-order valence-electron chi connectivity index (χ4n) is 2.78. The van der Waals surface area contributed by atoms with Crippen molar-refractivity contribution >= 4 is 0 Å². The van der Waals surface area contributed by atoms with Crippen molar-refractivity contribution < 1.29 is 9.84 Å². The quantitative estimate of drug-likeness (QED) is 0.796. The number of benzene rings is 2. The van der Waals surface area contributed by atoms with Crippen molar-refractivity contribution in [1.29, 1.82) is 0 Å². The summed E-state index contributed by atoms with van der Waals surface area (Å²) in [4.78, 5) is 0. The Morgan fingerprint density at radius 1 is 0.917 bits per heavy atom. The van der Waals surface area contributed by atoms with Gasteiger partial charge >= 0.3 is 0 Å². The summed E-state index contributed by atoms with van der Waals surface area (Å²) in [6, 6.07) is 8.12. The lowest BCUT2D eigenvalue weighted by Crippen LogP contribution is -2.17. The predicted octanol–water partition coefficient (Wildman–Crippen LogP) is 5.33. The van der Waals surface area contributed by atoms with Crippen LogP contribution in [0, 0.1) is 27.7 Å². The van der Waals surface area contributed by atoms with Gasteiger partial charge in [0, 0.05) is 6.04 Å². The van der Waals surface area contributed by atoms with Gasteiger partial charge in [0.25, 0.3) is 0 Å². The van der Waals surface area contributed by atoms with Gasteiger partial charge in [0.1, 0.15) is 17.2 Å². The van der Waals surface area contributed by atoms with Gasteiger partial charge in [-0.2, -0.15) is 0 Å². The molecule has 1 atom stereocenters. The van der Waals surface area contributed by atoms with Gasteiger partial charge in [0.15, 0.2) is 0 Å². The molecule has 3 nitrogen and oxygen atoms in total. The van der Waals surface area contributed by atoms with Gasteiger partial charge in [0.05, 0.1) is 0 Å². The second-order valence-electron chi connectivity index (χ2n) is 6.25. The Morgan fingerprint density at radius 2 is 1.38 bits per heavy atom. The molecule has 0 saturated carbocycles. The molecule has 0 heterocycles. The fourth-order valence-corrected chi connectivity index (χ4v) is 2.78. The van der Waals surface area contributed by atoms with Gasteiger partial charge in [0.2, 0.25) is 0 Å². The van der Waals surface area contributed by atoms with Crippen molar-refractivity contribution in [1.82, 2.24) is 0 Å². The number of hydrogen-bond donors (Lipinski definition) is 2. The van der Waals surface area contributed by atoms with Crippen LogP contribution in [0.1, 0.15) is 48.6 Å². The number of rotatable bonds is 4. The van der Waals surface area contributed by atoms with Crippen molar-refractivity contribution in [3.8, 4) is 17.2 Å². The highest BCUT2D eigenvalue weighted by molar-refractivity contribution is 5.49. The summed E-state index contributed by atoms with van der Waals surface area (Å²) >= 11 is 0. The highest BCUT2D eigenvalue weighted by Crippen LogP contribution is 2.33. The zero-order valence-electron chi connectivity index (χ0n) is 16.0. The fraction of sp³-hybridized carbons (Fsp3) is 0.429. The van der Waals surface area contributed by atoms with E-state index in [2.05, 4.69) is 12.1 Å². The van der Waals surface area contributed by atoms with E-state index in [1.165, 1.54) is 5.56 Å². The van der Waals surface area contributed by atoms with Crippen LogP contribution in [-0.2, 0) is 6.42 Å². The van der Waals surface area contributed by atoms with Crippen LogP contribution in [0.15, 0.2) is 24.3 Å². The standard InChI is InChI=1S/C19H25NO2.C2H6/c1-11-8-17(9-12(2)18(11)21)22-19-13(3)6-16(7-14(19)4)10-15(5)20;1-2/h6-9,15,21H,10,20H2,1-5H3;1-2H3. The summed E-state index contributed by atoms with van der Waals surface area (Å²) in [5, 5.41) is 9.86. The molecule has 2 rings (SSSR count). The van der Waals surface area contributed by atoms with E-state index in [1.807, 2.05) is 60.6 Å². The maximum atomic E-state index is 9.86. The van der Waals surface area contributed by atoms with E-state index >= 15 is 0 Å². The maximum absolute atomic E-state index is 9.86. The third-order valence-corrected chi connectivity index (χ3v) is 3.76. The molecule has 2 aromatic carbocycles. The summed E-state index contributed by atoms with van der Waals surface area (Å²) in [6.45, 7) is 13.9. The average molecular weight is 329 g/mol. The second-order valence-corrected chi connectivity index (χ2v) is 6.25. The molecule has 3 heteroatoms. The van der Waals surface area contributed by atoms with Crippen molar-refractivity contribution in [3.63, 3.8) is 0 Å². The highest BCUT2D eigenvalue weighted by Gasteiger charge is 2.11. The van der Waals surface area contributed by atoms with E-state index in [1.54, 1.807) is 0 Å². The first-order valence-electron chi connectivity index (χ1n) is 8.61. The summed E-state index contributed by atoms with van der Waals surface area (Å²) in [5.41, 5.74) is 10.9. The molecule has 2 aromatic rings. The lowest BCUT2D eigenvalue weighted by molar-refractivity contribution is 0.454. The molecule has 0 aromatic heterocycles. The Kier molecular flexibility index (Phi) is 7.30. The molecule has 24 heavy (non-hydrogen) atoms. The number of aryl methyl sites for hydroxylation is 4. The number of ether oxygens (including phenoxy) is 1. The molecule has 0 spiro atoms. The first-order chi connectivity index (χ1) is 11.3. The van der Waals surface area contributed by atoms with Crippen LogP contribution < -0.4 is 10.5 Å². The maximum Gasteiger partial charge on any atom is 0.133 e. The van der Waals surface area contributed by atoms with Crippen LogP contribution in [0.4, 0.5) is 0 Å². The summed E-state index contributed by atoms with van der Waals surface area (Å²) in [5.74, 6) is 1.95. The van der Waals surface area contributed by atoms with Crippen LogP contribution in [0.2, 0.25) is 0 Å². The number of phenolic OH excluding ortho intramolecular Hbond substituents is 1. The minimum Gasteiger partial charge on any atom is -0.507 e. The Hall–Kier alpha value is -2.00. The van der Waals surface area contributed by atoms with Crippen LogP contribution in [0.3, 0.4) is 0 Å². The Bertz CT molecular complexity index is 644. The summed E-state index contributed by atoms with van der Waals surface area (Å²) in [7, 11) is 0. The van der Waals surface area contributed by atoms with Crippen molar-refractivity contribution in [2.75, 3.05) is 0 Å². The highest BCUT2D eigenvalue weighted by atomic mass is 16.5. The zero-order valence-corrected chi connectivity index (χ0v) is 16.0. The summed E-state index contributed by atoms with van der Waals surface area (Å²) in [6.07, 6.45) is 0.861. The van der Waals surface area contributed by atoms with Crippen LogP contribution in [-0.4, -0.2) is 11.1 Å². The molecule has 0 aliphatic rings. The SMILES string of the molecule is CC.Cc1cc(Oc2c(C)cc(CC(C)N)cc2C)cc(C)c1O. The third kappa shape index (κ3) is 5.00. The molecule has 0 aliphatic heterocycles. The molecule has 0 saturated heterocycles. The monoisotopic (exact) mass is 329 g/mol.